The molecule has 0 radical (unpaired) electrons. The summed E-state index contributed by atoms with van der Waals surface area (Å²) in [6, 6.07) is 6.82. The van der Waals surface area contributed by atoms with Crippen molar-refractivity contribution in [2.45, 2.75) is 25.7 Å². The zero-order valence-electron chi connectivity index (χ0n) is 12.1. The molecule has 5 heteroatoms. The summed E-state index contributed by atoms with van der Waals surface area (Å²) >= 11 is 5.82. The maximum atomic E-state index is 12.1. The molecule has 0 saturated heterocycles. The van der Waals surface area contributed by atoms with Crippen molar-refractivity contribution in [1.82, 2.24) is 9.78 Å². The summed E-state index contributed by atoms with van der Waals surface area (Å²) in [7, 11) is 1.85. The summed E-state index contributed by atoms with van der Waals surface area (Å²) in [5.41, 5.74) is 2.75. The Bertz CT molecular complexity index is 672. The van der Waals surface area contributed by atoms with E-state index in [0.29, 0.717) is 22.4 Å². The van der Waals surface area contributed by atoms with Crippen LogP contribution in [0.2, 0.25) is 5.02 Å². The summed E-state index contributed by atoms with van der Waals surface area (Å²) in [5.74, 6) is 1.18. The van der Waals surface area contributed by atoms with Crippen LogP contribution in [0.1, 0.15) is 40.4 Å². The molecule has 0 aliphatic heterocycles. The summed E-state index contributed by atoms with van der Waals surface area (Å²) in [6.07, 6.45) is 2.39. The van der Waals surface area contributed by atoms with Gasteiger partial charge in [0.1, 0.15) is 0 Å². The van der Waals surface area contributed by atoms with Crippen molar-refractivity contribution in [1.29, 1.82) is 0 Å². The molecular weight excluding hydrogens is 288 g/mol. The van der Waals surface area contributed by atoms with Crippen LogP contribution in [0.5, 0.6) is 5.88 Å². The summed E-state index contributed by atoms with van der Waals surface area (Å²) in [4.78, 5) is 12.1. The van der Waals surface area contributed by atoms with Crippen LogP contribution in [0, 0.1) is 6.92 Å². The fourth-order valence-electron chi connectivity index (χ4n) is 2.43. The molecule has 1 fully saturated rings. The number of carbonyl (C=O) groups excluding carboxylic acids is 1. The van der Waals surface area contributed by atoms with Gasteiger partial charge in [0, 0.05) is 29.1 Å². The van der Waals surface area contributed by atoms with Crippen LogP contribution in [0.3, 0.4) is 0 Å². The number of Topliss-reactive ketones (excluding diaryl/α,β-unsaturated/α-hetero) is 1. The SMILES string of the molecule is Cc1c(C2CC2)nn(C)c1OCC(=O)c1ccc(Cl)cc1. The van der Waals surface area contributed by atoms with E-state index in [1.807, 2.05) is 14.0 Å². The second-order valence-electron chi connectivity index (χ2n) is 5.43. The largest absolute Gasteiger partial charge is 0.469 e. The molecular formula is C16H17ClN2O2. The first-order valence-electron chi connectivity index (χ1n) is 7.01. The van der Waals surface area contributed by atoms with Crippen LogP contribution in [0.4, 0.5) is 0 Å². The van der Waals surface area contributed by atoms with E-state index >= 15 is 0 Å². The Morgan fingerprint density at radius 3 is 2.67 bits per heavy atom. The Hall–Kier alpha value is -1.81. The maximum Gasteiger partial charge on any atom is 0.215 e. The predicted molar refractivity (Wildman–Crippen MR) is 81.2 cm³/mol. The Balaban J connectivity index is 1.70. The molecule has 1 aromatic heterocycles. The number of aryl methyl sites for hydroxylation is 1. The number of ether oxygens (including phenoxy) is 1. The minimum absolute atomic E-state index is 0.00606. The Kier molecular flexibility index (Phi) is 3.72. The van der Waals surface area contributed by atoms with Crippen molar-refractivity contribution >= 4 is 17.4 Å². The lowest BCUT2D eigenvalue weighted by Crippen LogP contribution is -2.13. The molecule has 21 heavy (non-hydrogen) atoms. The van der Waals surface area contributed by atoms with Gasteiger partial charge < -0.3 is 4.74 Å². The number of carbonyl (C=O) groups is 1. The van der Waals surface area contributed by atoms with Gasteiger partial charge >= 0.3 is 0 Å². The van der Waals surface area contributed by atoms with Gasteiger partial charge in [-0.05, 0) is 44.0 Å². The fraction of sp³-hybridized carbons (Fsp3) is 0.375. The average Bonchev–Trinajstić information content (AvgIpc) is 3.25. The quantitative estimate of drug-likeness (QED) is 0.794. The van der Waals surface area contributed by atoms with Gasteiger partial charge in [-0.15, -0.1) is 0 Å². The van der Waals surface area contributed by atoms with Crippen LogP contribution in [-0.2, 0) is 7.05 Å². The topological polar surface area (TPSA) is 44.1 Å². The normalized spacial score (nSPS) is 14.2. The van der Waals surface area contributed by atoms with Gasteiger partial charge in [0.25, 0.3) is 0 Å². The third-order valence-corrected chi connectivity index (χ3v) is 3.98. The smallest absolute Gasteiger partial charge is 0.215 e. The molecule has 0 N–H and O–H groups in total. The van der Waals surface area contributed by atoms with Crippen LogP contribution < -0.4 is 4.74 Å². The van der Waals surface area contributed by atoms with Crippen LogP contribution in [0.15, 0.2) is 24.3 Å². The van der Waals surface area contributed by atoms with Crippen molar-refractivity contribution < 1.29 is 9.53 Å². The van der Waals surface area contributed by atoms with Crippen molar-refractivity contribution in [3.8, 4) is 5.88 Å². The lowest BCUT2D eigenvalue weighted by molar-refractivity contribution is 0.0914. The van der Waals surface area contributed by atoms with Gasteiger partial charge in [0.2, 0.25) is 5.88 Å². The molecule has 4 nitrogen and oxygen atoms in total. The second kappa shape index (κ2) is 5.53. The zero-order valence-corrected chi connectivity index (χ0v) is 12.9. The van der Waals surface area contributed by atoms with Crippen molar-refractivity contribution in [3.05, 3.63) is 46.1 Å². The van der Waals surface area contributed by atoms with E-state index in [-0.39, 0.29) is 12.4 Å². The van der Waals surface area contributed by atoms with Gasteiger partial charge in [-0.25, -0.2) is 4.68 Å². The minimum Gasteiger partial charge on any atom is -0.469 e. The Morgan fingerprint density at radius 1 is 1.38 bits per heavy atom. The molecule has 1 aliphatic rings. The third kappa shape index (κ3) is 2.95. The standard InChI is InChI=1S/C16H17ClN2O2/c1-10-15(12-3-4-12)18-19(2)16(10)21-9-14(20)11-5-7-13(17)8-6-11/h5-8,12H,3-4,9H2,1-2H3. The molecule has 0 atom stereocenters. The summed E-state index contributed by atoms with van der Waals surface area (Å²) in [5, 5.41) is 5.11. The molecule has 110 valence electrons. The van der Waals surface area contributed by atoms with Crippen LogP contribution in [-0.4, -0.2) is 22.2 Å². The molecule has 1 saturated carbocycles. The highest BCUT2D eigenvalue weighted by molar-refractivity contribution is 6.30. The number of aromatic nitrogens is 2. The molecule has 2 aromatic rings. The van der Waals surface area contributed by atoms with Gasteiger partial charge in [0.05, 0.1) is 5.69 Å². The van der Waals surface area contributed by atoms with Crippen LogP contribution in [0.25, 0.3) is 0 Å². The van der Waals surface area contributed by atoms with E-state index in [4.69, 9.17) is 16.3 Å². The van der Waals surface area contributed by atoms with Gasteiger partial charge in [-0.3, -0.25) is 4.79 Å². The fourth-order valence-corrected chi connectivity index (χ4v) is 2.56. The first kappa shape index (κ1) is 14.1. The molecule has 1 aliphatic carbocycles. The summed E-state index contributed by atoms with van der Waals surface area (Å²) < 4.78 is 7.41. The van der Waals surface area contributed by atoms with Gasteiger partial charge in [0.15, 0.2) is 12.4 Å². The number of hydrogen-bond donors (Lipinski definition) is 0. The first-order chi connectivity index (χ1) is 10.1. The van der Waals surface area contributed by atoms with E-state index < -0.39 is 0 Å². The molecule has 0 unspecified atom stereocenters. The van der Waals surface area contributed by atoms with Crippen molar-refractivity contribution in [3.63, 3.8) is 0 Å². The molecule has 0 bridgehead atoms. The van der Waals surface area contributed by atoms with E-state index in [1.54, 1.807) is 28.9 Å². The monoisotopic (exact) mass is 304 g/mol. The average molecular weight is 305 g/mol. The lowest BCUT2D eigenvalue weighted by Gasteiger charge is -2.07. The molecule has 0 amide bonds. The zero-order chi connectivity index (χ0) is 15.0. The van der Waals surface area contributed by atoms with Crippen LogP contribution >= 0.6 is 11.6 Å². The minimum atomic E-state index is -0.0692. The molecule has 1 heterocycles. The highest BCUT2D eigenvalue weighted by Gasteiger charge is 2.30. The molecule has 1 aromatic carbocycles. The lowest BCUT2D eigenvalue weighted by atomic mass is 10.1. The van der Waals surface area contributed by atoms with E-state index in [2.05, 4.69) is 5.10 Å². The maximum absolute atomic E-state index is 12.1. The van der Waals surface area contributed by atoms with Gasteiger partial charge in [-0.2, -0.15) is 5.10 Å². The highest BCUT2D eigenvalue weighted by Crippen LogP contribution is 2.42. The van der Waals surface area contributed by atoms with Gasteiger partial charge in [-0.1, -0.05) is 11.6 Å². The molecule has 3 rings (SSSR count). The Morgan fingerprint density at radius 2 is 2.05 bits per heavy atom. The number of benzene rings is 1. The number of ketones is 1. The van der Waals surface area contributed by atoms with Crippen molar-refractivity contribution in [2.75, 3.05) is 6.61 Å². The number of rotatable bonds is 5. The highest BCUT2D eigenvalue weighted by atomic mass is 35.5. The Labute approximate surface area is 128 Å². The number of nitrogens with zero attached hydrogens (tertiary/aromatic N) is 2. The predicted octanol–water partition coefficient (Wildman–Crippen LogP) is 3.52. The number of halogens is 1. The summed E-state index contributed by atoms with van der Waals surface area (Å²) in [6.45, 7) is 2.01. The molecule has 0 spiro atoms. The van der Waals surface area contributed by atoms with E-state index in [1.165, 1.54) is 12.8 Å². The van der Waals surface area contributed by atoms with Crippen molar-refractivity contribution in [2.24, 2.45) is 7.05 Å². The second-order valence-corrected chi connectivity index (χ2v) is 5.87. The third-order valence-electron chi connectivity index (χ3n) is 3.73. The first-order valence-corrected chi connectivity index (χ1v) is 7.39. The van der Waals surface area contributed by atoms with E-state index in [9.17, 15) is 4.79 Å². The number of hydrogen-bond acceptors (Lipinski definition) is 3. The van der Waals surface area contributed by atoms with E-state index in [0.717, 1.165) is 11.3 Å².